The highest BCUT2D eigenvalue weighted by atomic mass is 32.2. The van der Waals surface area contributed by atoms with Gasteiger partial charge < -0.3 is 0 Å². The molecule has 0 aliphatic heterocycles. The number of sulfone groups is 1. The maximum Gasteiger partial charge on any atom is 0.199 e. The van der Waals surface area contributed by atoms with Gasteiger partial charge in [0.2, 0.25) is 0 Å². The van der Waals surface area contributed by atoms with Gasteiger partial charge in [-0.05, 0) is 37.1 Å². The van der Waals surface area contributed by atoms with Crippen molar-refractivity contribution in [3.05, 3.63) is 41.1 Å². The molecule has 0 saturated carbocycles. The third-order valence-corrected chi connectivity index (χ3v) is 3.95. The van der Waals surface area contributed by atoms with Gasteiger partial charge in [-0.15, -0.1) is 0 Å². The third-order valence-electron chi connectivity index (χ3n) is 2.37. The molecule has 16 heavy (non-hydrogen) atoms. The first-order valence-corrected chi connectivity index (χ1v) is 6.74. The molecule has 0 fully saturated rings. The van der Waals surface area contributed by atoms with Crippen molar-refractivity contribution in [2.24, 2.45) is 0 Å². The van der Waals surface area contributed by atoms with Crippen LogP contribution in [0.4, 0.5) is 4.39 Å². The largest absolute Gasteiger partial charge is 0.219 e. The Morgan fingerprint density at radius 2 is 1.69 bits per heavy atom. The summed E-state index contributed by atoms with van der Waals surface area (Å²) in [4.78, 5) is 0.133. The van der Waals surface area contributed by atoms with Gasteiger partial charge in [-0.25, -0.2) is 12.8 Å². The molecule has 0 amide bonds. The maximum absolute atomic E-state index is 12.7. The van der Waals surface area contributed by atoms with Crippen LogP contribution in [-0.4, -0.2) is 8.42 Å². The summed E-state index contributed by atoms with van der Waals surface area (Å²) in [6.07, 6.45) is 1.41. The molecular weight excluding hydrogens is 227 g/mol. The van der Waals surface area contributed by atoms with E-state index in [0.29, 0.717) is 12.8 Å². The summed E-state index contributed by atoms with van der Waals surface area (Å²) >= 11 is 0. The molecule has 0 atom stereocenters. The van der Waals surface area contributed by atoms with Gasteiger partial charge in [0.15, 0.2) is 9.84 Å². The molecule has 0 heterocycles. The quantitative estimate of drug-likeness (QED) is 0.759. The van der Waals surface area contributed by atoms with Crippen LogP contribution in [0.15, 0.2) is 40.1 Å². The Kier molecular flexibility index (Phi) is 4.24. The highest BCUT2D eigenvalue weighted by Crippen LogP contribution is 2.17. The van der Waals surface area contributed by atoms with Crippen molar-refractivity contribution in [2.45, 2.75) is 31.6 Å². The van der Waals surface area contributed by atoms with E-state index in [2.05, 4.69) is 0 Å². The number of hydrogen-bond acceptors (Lipinski definition) is 2. The molecule has 0 unspecified atom stereocenters. The van der Waals surface area contributed by atoms with E-state index >= 15 is 0 Å². The van der Waals surface area contributed by atoms with Crippen LogP contribution in [0, 0.1) is 5.82 Å². The first kappa shape index (κ1) is 12.9. The van der Waals surface area contributed by atoms with Crippen LogP contribution < -0.4 is 0 Å². The lowest BCUT2D eigenvalue weighted by molar-refractivity contribution is 0.602. The van der Waals surface area contributed by atoms with Crippen molar-refractivity contribution < 1.29 is 12.8 Å². The molecule has 1 aromatic carbocycles. The van der Waals surface area contributed by atoms with Crippen LogP contribution >= 0.6 is 0 Å². The lowest BCUT2D eigenvalue weighted by atomic mass is 10.2. The van der Waals surface area contributed by atoms with Gasteiger partial charge in [0, 0.05) is 5.41 Å². The Morgan fingerprint density at radius 3 is 2.12 bits per heavy atom. The lowest BCUT2D eigenvalue weighted by Crippen LogP contribution is -1.98. The van der Waals surface area contributed by atoms with E-state index < -0.39 is 15.7 Å². The number of rotatable bonds is 4. The minimum Gasteiger partial charge on any atom is -0.219 e. The molecule has 1 aromatic rings. The average molecular weight is 242 g/mol. The summed E-state index contributed by atoms with van der Waals surface area (Å²) in [5.41, 5.74) is 0.865. The summed E-state index contributed by atoms with van der Waals surface area (Å²) < 4.78 is 36.4. The van der Waals surface area contributed by atoms with Gasteiger partial charge in [-0.3, -0.25) is 0 Å². The Hall–Kier alpha value is -1.16. The first-order chi connectivity index (χ1) is 7.49. The van der Waals surface area contributed by atoms with Crippen molar-refractivity contribution in [1.82, 2.24) is 0 Å². The number of halogens is 1. The van der Waals surface area contributed by atoms with E-state index in [4.69, 9.17) is 0 Å². The maximum atomic E-state index is 12.7. The Morgan fingerprint density at radius 1 is 1.19 bits per heavy atom. The summed E-state index contributed by atoms with van der Waals surface area (Å²) in [5.74, 6) is -0.436. The normalized spacial score (nSPS) is 11.2. The fourth-order valence-corrected chi connectivity index (χ4v) is 2.75. The molecular formula is C12H15FO2S. The zero-order valence-electron chi connectivity index (χ0n) is 9.40. The molecule has 0 aliphatic rings. The zero-order valence-corrected chi connectivity index (χ0v) is 10.2. The van der Waals surface area contributed by atoms with E-state index in [1.807, 2.05) is 13.8 Å². The van der Waals surface area contributed by atoms with Gasteiger partial charge >= 0.3 is 0 Å². The average Bonchev–Trinajstić information content (AvgIpc) is 2.26. The molecule has 0 aliphatic carbocycles. The number of allylic oxidation sites excluding steroid dienone is 1. The van der Waals surface area contributed by atoms with Gasteiger partial charge in [0.25, 0.3) is 0 Å². The lowest BCUT2D eigenvalue weighted by Gasteiger charge is -2.02. The molecule has 2 nitrogen and oxygen atoms in total. The molecule has 0 bridgehead atoms. The zero-order chi connectivity index (χ0) is 12.2. The predicted octanol–water partition coefficient (Wildman–Crippen LogP) is 3.30. The smallest absolute Gasteiger partial charge is 0.199 e. The molecule has 0 radical (unpaired) electrons. The van der Waals surface area contributed by atoms with Crippen LogP contribution in [0.5, 0.6) is 0 Å². The molecule has 1 rings (SSSR count). The number of benzene rings is 1. The first-order valence-electron chi connectivity index (χ1n) is 5.19. The van der Waals surface area contributed by atoms with Crippen molar-refractivity contribution in [3.63, 3.8) is 0 Å². The summed E-state index contributed by atoms with van der Waals surface area (Å²) in [7, 11) is -3.43. The molecule has 0 N–H and O–H groups in total. The van der Waals surface area contributed by atoms with Crippen LogP contribution in [0.25, 0.3) is 0 Å². The molecule has 4 heteroatoms. The monoisotopic (exact) mass is 242 g/mol. The summed E-state index contributed by atoms with van der Waals surface area (Å²) in [5, 5.41) is 1.28. The Bertz CT molecular complexity index is 466. The second-order valence-electron chi connectivity index (χ2n) is 3.48. The molecule has 0 saturated heterocycles. The second kappa shape index (κ2) is 5.25. The summed E-state index contributed by atoms with van der Waals surface area (Å²) in [6, 6.07) is 4.87. The SMILES string of the molecule is CCC(=CS(=O)(=O)c1ccc(F)cc1)CC. The minimum absolute atomic E-state index is 0.133. The molecule has 0 spiro atoms. The fraction of sp³-hybridized carbons (Fsp3) is 0.333. The van der Waals surface area contributed by atoms with Gasteiger partial charge in [0.05, 0.1) is 4.90 Å². The topological polar surface area (TPSA) is 34.1 Å². The molecule has 0 aromatic heterocycles. The standard InChI is InChI=1S/C12H15FO2S/c1-3-10(4-2)9-16(14,15)12-7-5-11(13)6-8-12/h5-9H,3-4H2,1-2H3. The van der Waals surface area contributed by atoms with E-state index in [0.717, 1.165) is 17.7 Å². The van der Waals surface area contributed by atoms with E-state index in [9.17, 15) is 12.8 Å². The van der Waals surface area contributed by atoms with E-state index in [1.165, 1.54) is 17.5 Å². The van der Waals surface area contributed by atoms with Gasteiger partial charge in [0.1, 0.15) is 5.82 Å². The van der Waals surface area contributed by atoms with Crippen LogP contribution in [-0.2, 0) is 9.84 Å². The highest BCUT2D eigenvalue weighted by molar-refractivity contribution is 7.94. The van der Waals surface area contributed by atoms with Crippen molar-refractivity contribution in [3.8, 4) is 0 Å². The molecule has 88 valence electrons. The summed E-state index contributed by atoms with van der Waals surface area (Å²) in [6.45, 7) is 3.82. The van der Waals surface area contributed by atoms with Crippen molar-refractivity contribution in [2.75, 3.05) is 0 Å². The fourth-order valence-electron chi connectivity index (χ4n) is 1.33. The van der Waals surface area contributed by atoms with E-state index in [-0.39, 0.29) is 4.90 Å². The van der Waals surface area contributed by atoms with Crippen LogP contribution in [0.2, 0.25) is 0 Å². The van der Waals surface area contributed by atoms with Crippen molar-refractivity contribution in [1.29, 1.82) is 0 Å². The van der Waals surface area contributed by atoms with Crippen LogP contribution in [0.1, 0.15) is 26.7 Å². The Balaban J connectivity index is 3.12. The van der Waals surface area contributed by atoms with Crippen LogP contribution in [0.3, 0.4) is 0 Å². The van der Waals surface area contributed by atoms with E-state index in [1.54, 1.807) is 0 Å². The van der Waals surface area contributed by atoms with Gasteiger partial charge in [-0.2, -0.15) is 0 Å². The highest BCUT2D eigenvalue weighted by Gasteiger charge is 2.11. The van der Waals surface area contributed by atoms with Crippen molar-refractivity contribution >= 4 is 9.84 Å². The van der Waals surface area contributed by atoms with Gasteiger partial charge in [-0.1, -0.05) is 19.4 Å². The predicted molar refractivity (Wildman–Crippen MR) is 62.3 cm³/mol. The third kappa shape index (κ3) is 3.17. The second-order valence-corrected chi connectivity index (χ2v) is 5.28. The minimum atomic E-state index is -3.43. The Labute approximate surface area is 95.7 Å². The number of hydrogen-bond donors (Lipinski definition) is 0.